The zero-order valence-electron chi connectivity index (χ0n) is 9.01. The Bertz CT molecular complexity index is 186. The van der Waals surface area contributed by atoms with E-state index in [0.29, 0.717) is 12.1 Å². The Kier molecular flexibility index (Phi) is 5.13. The van der Waals surface area contributed by atoms with Gasteiger partial charge < -0.3 is 5.73 Å². The summed E-state index contributed by atoms with van der Waals surface area (Å²) in [5.74, 6) is 0. The van der Waals surface area contributed by atoms with Gasteiger partial charge in [0.15, 0.2) is 0 Å². The Hall–Kier alpha value is 0.140. The van der Waals surface area contributed by atoms with Gasteiger partial charge in [0.05, 0.1) is 0 Å². The van der Waals surface area contributed by atoms with Gasteiger partial charge >= 0.3 is 0 Å². The zero-order chi connectivity index (χ0) is 10.6. The Morgan fingerprint density at radius 2 is 2.00 bits per heavy atom. The third-order valence-electron chi connectivity index (χ3n) is 3.04. The van der Waals surface area contributed by atoms with Crippen molar-refractivity contribution in [3.63, 3.8) is 0 Å². The molecule has 1 fully saturated rings. The van der Waals surface area contributed by atoms with Crippen LogP contribution in [0.3, 0.4) is 0 Å². The van der Waals surface area contributed by atoms with E-state index in [-0.39, 0.29) is 0 Å². The van der Waals surface area contributed by atoms with Crippen molar-refractivity contribution >= 4 is 15.9 Å². The average molecular weight is 261 g/mol. The van der Waals surface area contributed by atoms with Gasteiger partial charge in [-0.2, -0.15) is 0 Å². The van der Waals surface area contributed by atoms with Gasteiger partial charge in [0.25, 0.3) is 0 Å². The second-order valence-corrected chi connectivity index (χ2v) is 5.27. The minimum atomic E-state index is 0.442. The van der Waals surface area contributed by atoms with Gasteiger partial charge in [0, 0.05) is 23.1 Å². The molecule has 0 atom stereocenters. The molecule has 0 heterocycles. The summed E-state index contributed by atoms with van der Waals surface area (Å²) in [6, 6.07) is 1.16. The van der Waals surface area contributed by atoms with Crippen LogP contribution in [0.4, 0.5) is 0 Å². The molecule has 0 aromatic rings. The quantitative estimate of drug-likeness (QED) is 0.842. The Morgan fingerprint density at radius 1 is 1.43 bits per heavy atom. The topological polar surface area (TPSA) is 29.3 Å². The molecule has 0 aliphatic heterocycles. The fourth-order valence-electron chi connectivity index (χ4n) is 2.19. The van der Waals surface area contributed by atoms with E-state index in [1.807, 2.05) is 0 Å². The maximum absolute atomic E-state index is 5.89. The summed E-state index contributed by atoms with van der Waals surface area (Å²) in [6.07, 6.45) is 4.84. The fourth-order valence-corrected chi connectivity index (χ4v) is 2.51. The van der Waals surface area contributed by atoms with Gasteiger partial charge in [-0.25, -0.2) is 0 Å². The first-order valence-corrected chi connectivity index (χ1v) is 6.25. The monoisotopic (exact) mass is 260 g/mol. The molecule has 0 aromatic heterocycles. The van der Waals surface area contributed by atoms with Crippen LogP contribution in [0, 0.1) is 0 Å². The lowest BCUT2D eigenvalue weighted by atomic mass is 9.91. The van der Waals surface area contributed by atoms with E-state index in [9.17, 15) is 0 Å². The summed E-state index contributed by atoms with van der Waals surface area (Å²) < 4.78 is 1.08. The maximum atomic E-state index is 5.89. The Labute approximate surface area is 95.7 Å². The largest absolute Gasteiger partial charge is 0.328 e. The lowest BCUT2D eigenvalue weighted by Crippen LogP contribution is -2.41. The summed E-state index contributed by atoms with van der Waals surface area (Å²) in [7, 11) is 0. The predicted octanol–water partition coefficient (Wildman–Crippen LogP) is 2.49. The molecule has 3 heteroatoms. The van der Waals surface area contributed by atoms with Gasteiger partial charge in [-0.05, 0) is 32.2 Å². The molecule has 0 spiro atoms. The summed E-state index contributed by atoms with van der Waals surface area (Å²) in [5, 5.41) is 0. The van der Waals surface area contributed by atoms with Gasteiger partial charge in [-0.3, -0.25) is 4.90 Å². The zero-order valence-corrected chi connectivity index (χ0v) is 10.6. The van der Waals surface area contributed by atoms with Crippen LogP contribution in [0.5, 0.6) is 0 Å². The number of hydrogen-bond donors (Lipinski definition) is 1. The van der Waals surface area contributed by atoms with Crippen molar-refractivity contribution in [2.75, 3.05) is 13.1 Å². The highest BCUT2D eigenvalue weighted by molar-refractivity contribution is 9.11. The average Bonchev–Trinajstić information content (AvgIpc) is 2.15. The van der Waals surface area contributed by atoms with Crippen molar-refractivity contribution in [3.05, 3.63) is 11.1 Å². The molecule has 1 saturated carbocycles. The van der Waals surface area contributed by atoms with Crippen LogP contribution < -0.4 is 5.73 Å². The van der Waals surface area contributed by atoms with Crippen LogP contribution in [-0.4, -0.2) is 30.1 Å². The van der Waals surface area contributed by atoms with E-state index in [4.69, 9.17) is 5.73 Å². The molecule has 1 aliphatic carbocycles. The lowest BCUT2D eigenvalue weighted by Gasteiger charge is -2.35. The second-order valence-electron chi connectivity index (χ2n) is 4.15. The smallest absolute Gasteiger partial charge is 0.0296 e. The van der Waals surface area contributed by atoms with Crippen LogP contribution in [0.2, 0.25) is 0 Å². The molecule has 14 heavy (non-hydrogen) atoms. The van der Waals surface area contributed by atoms with Crippen molar-refractivity contribution in [3.8, 4) is 0 Å². The highest BCUT2D eigenvalue weighted by Crippen LogP contribution is 2.23. The summed E-state index contributed by atoms with van der Waals surface area (Å²) >= 11 is 3.43. The maximum Gasteiger partial charge on any atom is 0.0296 e. The molecule has 2 N–H and O–H groups in total. The predicted molar refractivity (Wildman–Crippen MR) is 65.5 cm³/mol. The third kappa shape index (κ3) is 3.71. The lowest BCUT2D eigenvalue weighted by molar-refractivity contribution is 0.172. The molecule has 0 amide bonds. The minimum absolute atomic E-state index is 0.442. The number of nitrogens with two attached hydrogens (primary N) is 1. The van der Waals surface area contributed by atoms with Gasteiger partial charge in [-0.1, -0.05) is 29.4 Å². The molecule has 2 nitrogen and oxygen atoms in total. The van der Waals surface area contributed by atoms with Crippen LogP contribution in [-0.2, 0) is 0 Å². The van der Waals surface area contributed by atoms with Crippen LogP contribution >= 0.6 is 15.9 Å². The molecular weight excluding hydrogens is 240 g/mol. The molecule has 0 aromatic carbocycles. The first kappa shape index (κ1) is 12.2. The number of halogens is 1. The van der Waals surface area contributed by atoms with E-state index in [1.54, 1.807) is 0 Å². The van der Waals surface area contributed by atoms with E-state index in [1.165, 1.54) is 25.7 Å². The molecule has 0 saturated heterocycles. The molecule has 0 radical (unpaired) electrons. The van der Waals surface area contributed by atoms with Gasteiger partial charge in [0.1, 0.15) is 0 Å². The number of likely N-dealkylation sites (N-methyl/N-ethyl adjacent to an activating group) is 1. The van der Waals surface area contributed by atoms with E-state index < -0.39 is 0 Å². The highest BCUT2D eigenvalue weighted by Gasteiger charge is 2.23. The molecule has 1 aliphatic rings. The highest BCUT2D eigenvalue weighted by atomic mass is 79.9. The summed E-state index contributed by atoms with van der Waals surface area (Å²) in [6.45, 7) is 8.19. The van der Waals surface area contributed by atoms with Crippen molar-refractivity contribution in [2.24, 2.45) is 5.73 Å². The Balaban J connectivity index is 2.40. The molecule has 1 rings (SSSR count). The first-order chi connectivity index (χ1) is 6.63. The molecule has 0 unspecified atom stereocenters. The number of rotatable bonds is 4. The number of hydrogen-bond acceptors (Lipinski definition) is 2. The fraction of sp³-hybridized carbons (Fsp3) is 0.818. The molecule has 0 bridgehead atoms. The van der Waals surface area contributed by atoms with Crippen LogP contribution in [0.15, 0.2) is 11.1 Å². The van der Waals surface area contributed by atoms with E-state index in [2.05, 4.69) is 34.3 Å². The van der Waals surface area contributed by atoms with Gasteiger partial charge in [0.2, 0.25) is 0 Å². The van der Waals surface area contributed by atoms with Crippen molar-refractivity contribution < 1.29 is 0 Å². The van der Waals surface area contributed by atoms with Gasteiger partial charge in [-0.15, -0.1) is 0 Å². The normalized spacial score (nSPS) is 28.0. The standard InChI is InChI=1S/C11H21BrN2/c1-3-14(8-9(2)12)11-6-4-10(13)5-7-11/h10-11H,2-8,13H2,1H3. The summed E-state index contributed by atoms with van der Waals surface area (Å²) in [5.41, 5.74) is 5.89. The van der Waals surface area contributed by atoms with Crippen molar-refractivity contribution in [1.82, 2.24) is 4.90 Å². The minimum Gasteiger partial charge on any atom is -0.328 e. The second kappa shape index (κ2) is 5.89. The van der Waals surface area contributed by atoms with Crippen molar-refractivity contribution in [2.45, 2.75) is 44.7 Å². The third-order valence-corrected chi connectivity index (χ3v) is 3.29. The van der Waals surface area contributed by atoms with Crippen LogP contribution in [0.25, 0.3) is 0 Å². The SMILES string of the molecule is C=C(Br)CN(CC)C1CCC(N)CC1. The Morgan fingerprint density at radius 3 is 2.43 bits per heavy atom. The molecular formula is C11H21BrN2. The molecule has 82 valence electrons. The summed E-state index contributed by atoms with van der Waals surface area (Å²) in [4.78, 5) is 2.49. The first-order valence-electron chi connectivity index (χ1n) is 5.46. The van der Waals surface area contributed by atoms with Crippen molar-refractivity contribution in [1.29, 1.82) is 0 Å². The van der Waals surface area contributed by atoms with E-state index >= 15 is 0 Å². The number of nitrogens with zero attached hydrogens (tertiary/aromatic N) is 1. The van der Waals surface area contributed by atoms with E-state index in [0.717, 1.165) is 17.6 Å². The van der Waals surface area contributed by atoms with Crippen LogP contribution in [0.1, 0.15) is 32.6 Å².